The molecule has 3 amide bonds. The minimum Gasteiger partial charge on any atom is -0.452 e. The van der Waals surface area contributed by atoms with E-state index in [1.165, 1.54) is 11.8 Å². The van der Waals surface area contributed by atoms with Crippen molar-refractivity contribution in [3.8, 4) is 6.07 Å². The molecule has 1 atom stereocenters. The van der Waals surface area contributed by atoms with Crippen molar-refractivity contribution in [2.45, 2.75) is 25.9 Å². The Kier molecular flexibility index (Phi) is 5.95. The standard InChI is InChI=1S/C17H20N4O4/c1-11(15(22)20-14-4-2-12(10-18)3-5-14)25-16(23)13-6-8-21(9-7-13)17(19)24/h2-5,11,13H,6-9H2,1H3,(H2,19,24)(H,20,22)/t11-/m0/s1. The highest BCUT2D eigenvalue weighted by Crippen LogP contribution is 2.19. The van der Waals surface area contributed by atoms with Gasteiger partial charge in [0.2, 0.25) is 0 Å². The van der Waals surface area contributed by atoms with Crippen molar-refractivity contribution in [1.82, 2.24) is 4.90 Å². The number of primary amides is 1. The summed E-state index contributed by atoms with van der Waals surface area (Å²) in [5.74, 6) is -1.25. The van der Waals surface area contributed by atoms with E-state index in [9.17, 15) is 14.4 Å². The quantitative estimate of drug-likeness (QED) is 0.794. The largest absolute Gasteiger partial charge is 0.452 e. The van der Waals surface area contributed by atoms with Gasteiger partial charge in [-0.2, -0.15) is 5.26 Å². The van der Waals surface area contributed by atoms with Gasteiger partial charge in [-0.25, -0.2) is 4.79 Å². The van der Waals surface area contributed by atoms with Crippen LogP contribution < -0.4 is 11.1 Å². The van der Waals surface area contributed by atoms with Crippen LogP contribution in [0.1, 0.15) is 25.3 Å². The number of carbonyl (C=O) groups excluding carboxylic acids is 3. The van der Waals surface area contributed by atoms with Gasteiger partial charge in [-0.3, -0.25) is 9.59 Å². The monoisotopic (exact) mass is 344 g/mol. The van der Waals surface area contributed by atoms with Gasteiger partial charge in [0.05, 0.1) is 17.6 Å². The summed E-state index contributed by atoms with van der Waals surface area (Å²) in [7, 11) is 0. The van der Waals surface area contributed by atoms with Gasteiger partial charge in [0.1, 0.15) is 0 Å². The highest BCUT2D eigenvalue weighted by Gasteiger charge is 2.29. The van der Waals surface area contributed by atoms with Gasteiger partial charge in [-0.1, -0.05) is 0 Å². The molecule has 1 aromatic carbocycles. The summed E-state index contributed by atoms with van der Waals surface area (Å²) in [6, 6.07) is 7.86. The van der Waals surface area contributed by atoms with Crippen molar-refractivity contribution >= 4 is 23.6 Å². The number of nitriles is 1. The number of likely N-dealkylation sites (tertiary alicyclic amines) is 1. The highest BCUT2D eigenvalue weighted by molar-refractivity contribution is 5.95. The number of carbonyl (C=O) groups is 3. The molecule has 1 aliphatic rings. The molecular formula is C17H20N4O4. The second-order valence-electron chi connectivity index (χ2n) is 5.86. The number of esters is 1. The van der Waals surface area contributed by atoms with Crippen LogP contribution in [0.5, 0.6) is 0 Å². The molecule has 0 bridgehead atoms. The molecule has 8 heteroatoms. The molecule has 1 saturated heterocycles. The van der Waals surface area contributed by atoms with Gasteiger partial charge in [0.25, 0.3) is 5.91 Å². The van der Waals surface area contributed by atoms with Crippen LogP contribution in [-0.4, -0.2) is 42.0 Å². The molecule has 132 valence electrons. The minimum atomic E-state index is -0.947. The van der Waals surface area contributed by atoms with E-state index in [-0.39, 0.29) is 5.92 Å². The molecule has 0 radical (unpaired) electrons. The van der Waals surface area contributed by atoms with E-state index in [0.717, 1.165) is 0 Å². The van der Waals surface area contributed by atoms with E-state index in [1.807, 2.05) is 6.07 Å². The lowest BCUT2D eigenvalue weighted by Gasteiger charge is -2.30. The first-order valence-corrected chi connectivity index (χ1v) is 7.96. The number of hydrogen-bond donors (Lipinski definition) is 2. The van der Waals surface area contributed by atoms with Crippen LogP contribution in [0.25, 0.3) is 0 Å². The van der Waals surface area contributed by atoms with Crippen LogP contribution >= 0.6 is 0 Å². The number of nitrogens with zero attached hydrogens (tertiary/aromatic N) is 2. The van der Waals surface area contributed by atoms with E-state index in [2.05, 4.69) is 5.32 Å². The number of benzene rings is 1. The molecule has 0 unspecified atom stereocenters. The Labute approximate surface area is 145 Å². The molecule has 1 heterocycles. The second kappa shape index (κ2) is 8.15. The van der Waals surface area contributed by atoms with E-state index < -0.39 is 24.0 Å². The lowest BCUT2D eigenvalue weighted by molar-refractivity contribution is -0.158. The third kappa shape index (κ3) is 4.94. The summed E-state index contributed by atoms with van der Waals surface area (Å²) in [4.78, 5) is 36.8. The van der Waals surface area contributed by atoms with E-state index in [4.69, 9.17) is 15.7 Å². The summed E-state index contributed by atoms with van der Waals surface area (Å²) < 4.78 is 5.23. The number of amides is 3. The fraction of sp³-hybridized carbons (Fsp3) is 0.412. The second-order valence-corrected chi connectivity index (χ2v) is 5.86. The average molecular weight is 344 g/mol. The van der Waals surface area contributed by atoms with Crippen LogP contribution in [-0.2, 0) is 14.3 Å². The third-order valence-electron chi connectivity index (χ3n) is 4.08. The van der Waals surface area contributed by atoms with Crippen molar-refractivity contribution in [1.29, 1.82) is 5.26 Å². The van der Waals surface area contributed by atoms with Gasteiger partial charge >= 0.3 is 12.0 Å². The average Bonchev–Trinajstić information content (AvgIpc) is 2.62. The molecule has 1 fully saturated rings. The van der Waals surface area contributed by atoms with Crippen LogP contribution in [0.15, 0.2) is 24.3 Å². The molecule has 8 nitrogen and oxygen atoms in total. The van der Waals surface area contributed by atoms with E-state index in [0.29, 0.717) is 37.2 Å². The highest BCUT2D eigenvalue weighted by atomic mass is 16.5. The number of nitrogens with two attached hydrogens (primary N) is 1. The zero-order valence-electron chi connectivity index (χ0n) is 13.9. The maximum absolute atomic E-state index is 12.2. The summed E-state index contributed by atoms with van der Waals surface area (Å²) in [6.45, 7) is 2.30. The lowest BCUT2D eigenvalue weighted by Crippen LogP contribution is -2.44. The minimum absolute atomic E-state index is 0.347. The predicted octanol–water partition coefficient (Wildman–Crippen LogP) is 1.22. The van der Waals surface area contributed by atoms with Crippen molar-refractivity contribution < 1.29 is 19.1 Å². The summed E-state index contributed by atoms with van der Waals surface area (Å²) in [5.41, 5.74) is 6.20. The van der Waals surface area contributed by atoms with Gasteiger partial charge in [-0.05, 0) is 44.0 Å². The molecule has 0 aliphatic carbocycles. The first-order valence-electron chi connectivity index (χ1n) is 7.96. The number of rotatable bonds is 4. The first kappa shape index (κ1) is 18.3. The molecule has 1 aromatic rings. The Balaban J connectivity index is 1.83. The van der Waals surface area contributed by atoms with Crippen molar-refractivity contribution in [2.24, 2.45) is 11.7 Å². The summed E-state index contributed by atoms with van der Waals surface area (Å²) >= 11 is 0. The Morgan fingerprint density at radius 3 is 2.40 bits per heavy atom. The number of piperidine rings is 1. The Morgan fingerprint density at radius 2 is 1.88 bits per heavy atom. The topological polar surface area (TPSA) is 126 Å². The van der Waals surface area contributed by atoms with Crippen LogP contribution in [0.3, 0.4) is 0 Å². The van der Waals surface area contributed by atoms with Crippen LogP contribution in [0, 0.1) is 17.2 Å². The molecule has 1 aliphatic heterocycles. The zero-order chi connectivity index (χ0) is 18.4. The molecular weight excluding hydrogens is 324 g/mol. The van der Waals surface area contributed by atoms with E-state index >= 15 is 0 Å². The zero-order valence-corrected chi connectivity index (χ0v) is 13.9. The van der Waals surface area contributed by atoms with Gasteiger partial charge in [0.15, 0.2) is 6.10 Å². The van der Waals surface area contributed by atoms with Gasteiger partial charge in [0, 0.05) is 18.8 Å². The van der Waals surface area contributed by atoms with Crippen molar-refractivity contribution in [3.05, 3.63) is 29.8 Å². The smallest absolute Gasteiger partial charge is 0.314 e. The van der Waals surface area contributed by atoms with Crippen LogP contribution in [0.4, 0.5) is 10.5 Å². The van der Waals surface area contributed by atoms with Crippen molar-refractivity contribution in [3.63, 3.8) is 0 Å². The molecule has 2 rings (SSSR count). The molecule has 25 heavy (non-hydrogen) atoms. The molecule has 0 spiro atoms. The summed E-state index contributed by atoms with van der Waals surface area (Å²) in [5, 5.41) is 11.4. The molecule has 0 saturated carbocycles. The van der Waals surface area contributed by atoms with Gasteiger partial charge in [-0.15, -0.1) is 0 Å². The molecule has 3 N–H and O–H groups in total. The van der Waals surface area contributed by atoms with Gasteiger partial charge < -0.3 is 20.7 Å². The predicted molar refractivity (Wildman–Crippen MR) is 89.2 cm³/mol. The Hall–Kier alpha value is -3.08. The van der Waals surface area contributed by atoms with Crippen LogP contribution in [0.2, 0.25) is 0 Å². The Bertz CT molecular complexity index is 688. The number of nitrogens with one attached hydrogen (secondary N) is 1. The summed E-state index contributed by atoms with van der Waals surface area (Å²) in [6.07, 6.45) is -0.0189. The first-order chi connectivity index (χ1) is 11.9. The van der Waals surface area contributed by atoms with Crippen molar-refractivity contribution in [2.75, 3.05) is 18.4 Å². The maximum atomic E-state index is 12.2. The number of urea groups is 1. The number of anilines is 1. The maximum Gasteiger partial charge on any atom is 0.314 e. The SMILES string of the molecule is C[C@H](OC(=O)C1CCN(C(N)=O)CC1)C(=O)Nc1ccc(C#N)cc1. The number of ether oxygens (including phenoxy) is 1. The third-order valence-corrected chi connectivity index (χ3v) is 4.08. The number of hydrogen-bond acceptors (Lipinski definition) is 5. The Morgan fingerprint density at radius 1 is 1.28 bits per heavy atom. The molecule has 0 aromatic heterocycles. The lowest BCUT2D eigenvalue weighted by atomic mass is 9.97. The van der Waals surface area contributed by atoms with E-state index in [1.54, 1.807) is 24.3 Å². The fourth-order valence-electron chi connectivity index (χ4n) is 2.53. The normalized spacial score (nSPS) is 15.8. The fourth-order valence-corrected chi connectivity index (χ4v) is 2.53.